The summed E-state index contributed by atoms with van der Waals surface area (Å²) in [7, 11) is 0. The van der Waals surface area contributed by atoms with Gasteiger partial charge in [0.25, 0.3) is 17.1 Å². The van der Waals surface area contributed by atoms with Gasteiger partial charge in [0.15, 0.2) is 18.1 Å². The van der Waals surface area contributed by atoms with Crippen LogP contribution in [-0.2, 0) is 14.4 Å². The van der Waals surface area contributed by atoms with Gasteiger partial charge in [-0.2, -0.15) is 0 Å². The number of thioether (sulfide) groups is 1. The fourth-order valence-electron chi connectivity index (χ4n) is 2.85. The maximum atomic E-state index is 12.4. The molecule has 0 bridgehead atoms. The molecule has 11 heteroatoms. The van der Waals surface area contributed by atoms with Crippen molar-refractivity contribution in [2.24, 2.45) is 0 Å². The van der Waals surface area contributed by atoms with Crippen LogP contribution >= 0.6 is 27.7 Å². The molecule has 172 valence electrons. The first-order valence-corrected chi connectivity index (χ1v) is 11.3. The van der Waals surface area contributed by atoms with E-state index in [1.165, 1.54) is 6.08 Å². The van der Waals surface area contributed by atoms with Crippen LogP contribution in [0.1, 0.15) is 12.5 Å². The van der Waals surface area contributed by atoms with E-state index in [9.17, 15) is 19.2 Å². The summed E-state index contributed by atoms with van der Waals surface area (Å²) in [6, 6.07) is 12.2. The van der Waals surface area contributed by atoms with E-state index in [1.807, 2.05) is 6.07 Å². The second-order valence-corrected chi connectivity index (χ2v) is 8.47. The van der Waals surface area contributed by atoms with Crippen LogP contribution in [0.25, 0.3) is 6.08 Å². The molecular formula is C22H19BrN2O7S. The quantitative estimate of drug-likeness (QED) is 0.463. The number of nitrogens with one attached hydrogen (secondary N) is 1. The Morgan fingerprint density at radius 1 is 1.18 bits per heavy atom. The average molecular weight is 535 g/mol. The number of halogens is 1. The first-order valence-electron chi connectivity index (χ1n) is 9.69. The number of hydrogen-bond acceptors (Lipinski definition) is 7. The van der Waals surface area contributed by atoms with Gasteiger partial charge in [-0.3, -0.25) is 24.1 Å². The lowest BCUT2D eigenvalue weighted by Crippen LogP contribution is -2.33. The Labute approximate surface area is 201 Å². The first-order chi connectivity index (χ1) is 15.8. The zero-order valence-electron chi connectivity index (χ0n) is 17.4. The van der Waals surface area contributed by atoms with Gasteiger partial charge in [-0.1, -0.05) is 18.2 Å². The van der Waals surface area contributed by atoms with Crippen molar-refractivity contribution in [3.05, 3.63) is 57.4 Å². The number of aliphatic carboxylic acids is 1. The molecule has 2 aromatic carbocycles. The summed E-state index contributed by atoms with van der Waals surface area (Å²) in [5.41, 5.74) is 1.16. The van der Waals surface area contributed by atoms with Crippen LogP contribution in [0.5, 0.6) is 11.5 Å². The maximum Gasteiger partial charge on any atom is 0.323 e. The number of imide groups is 1. The lowest BCUT2D eigenvalue weighted by atomic mass is 10.2. The molecule has 1 heterocycles. The number of para-hydroxylation sites is 1. The molecular weight excluding hydrogens is 516 g/mol. The van der Waals surface area contributed by atoms with Crippen molar-refractivity contribution in [2.75, 3.05) is 25.1 Å². The molecule has 1 fully saturated rings. The molecule has 0 saturated carbocycles. The zero-order chi connectivity index (χ0) is 24.0. The van der Waals surface area contributed by atoms with Crippen LogP contribution < -0.4 is 14.8 Å². The maximum absolute atomic E-state index is 12.4. The van der Waals surface area contributed by atoms with Gasteiger partial charge in [-0.25, -0.2) is 0 Å². The Morgan fingerprint density at radius 2 is 1.91 bits per heavy atom. The number of carboxylic acids is 1. The molecule has 0 radical (unpaired) electrons. The van der Waals surface area contributed by atoms with Crippen LogP contribution in [0.2, 0.25) is 0 Å². The molecule has 3 rings (SSSR count). The molecule has 33 heavy (non-hydrogen) atoms. The molecule has 2 aromatic rings. The number of rotatable bonds is 9. The third kappa shape index (κ3) is 6.36. The third-order valence-electron chi connectivity index (χ3n) is 4.20. The minimum atomic E-state index is -1.28. The van der Waals surface area contributed by atoms with E-state index in [0.29, 0.717) is 50.5 Å². The Morgan fingerprint density at radius 3 is 2.58 bits per heavy atom. The van der Waals surface area contributed by atoms with Crippen molar-refractivity contribution in [1.29, 1.82) is 0 Å². The normalized spacial score (nSPS) is 14.5. The van der Waals surface area contributed by atoms with Crippen LogP contribution in [0.3, 0.4) is 0 Å². The van der Waals surface area contributed by atoms with Crippen molar-refractivity contribution in [1.82, 2.24) is 4.90 Å². The molecule has 3 amide bonds. The average Bonchev–Trinajstić information content (AvgIpc) is 3.01. The molecule has 0 unspecified atom stereocenters. The number of carbonyl (C=O) groups excluding carboxylic acids is 3. The number of carboxylic acid groups (broad SMARTS) is 1. The van der Waals surface area contributed by atoms with Crippen LogP contribution in [0, 0.1) is 0 Å². The summed E-state index contributed by atoms with van der Waals surface area (Å²) in [5, 5.41) is 11.0. The lowest BCUT2D eigenvalue weighted by Gasteiger charge is -2.15. The highest BCUT2D eigenvalue weighted by atomic mass is 79.9. The van der Waals surface area contributed by atoms with Crippen LogP contribution in [0.15, 0.2) is 51.8 Å². The molecule has 1 aliphatic rings. The number of carbonyl (C=O) groups is 4. The molecule has 2 N–H and O–H groups in total. The van der Waals surface area contributed by atoms with Crippen molar-refractivity contribution in [2.45, 2.75) is 6.92 Å². The summed E-state index contributed by atoms with van der Waals surface area (Å²) in [4.78, 5) is 48.2. The number of nitrogens with zero attached hydrogens (tertiary/aromatic N) is 1. The summed E-state index contributed by atoms with van der Waals surface area (Å²) in [5.74, 6) is -1.68. The fraction of sp³-hybridized carbons (Fsp3) is 0.182. The minimum absolute atomic E-state index is 0.0894. The van der Waals surface area contributed by atoms with E-state index in [2.05, 4.69) is 21.2 Å². The summed E-state index contributed by atoms with van der Waals surface area (Å²) in [6.45, 7) is 1.13. The fourth-order valence-corrected chi connectivity index (χ4v) is 4.27. The van der Waals surface area contributed by atoms with Crippen molar-refractivity contribution in [3.8, 4) is 11.5 Å². The van der Waals surface area contributed by atoms with Crippen LogP contribution in [-0.4, -0.2) is 52.8 Å². The predicted molar refractivity (Wildman–Crippen MR) is 126 cm³/mol. The van der Waals surface area contributed by atoms with Crippen LogP contribution in [0.4, 0.5) is 10.5 Å². The molecule has 0 aliphatic carbocycles. The molecule has 0 aromatic heterocycles. The van der Waals surface area contributed by atoms with Gasteiger partial charge in [0.1, 0.15) is 6.54 Å². The Balaban J connectivity index is 1.77. The summed E-state index contributed by atoms with van der Waals surface area (Å²) in [6.07, 6.45) is 1.46. The number of anilines is 1. The van der Waals surface area contributed by atoms with Gasteiger partial charge in [0.05, 0.1) is 16.0 Å². The Hall–Kier alpha value is -3.31. The number of ether oxygens (including phenoxy) is 2. The SMILES string of the molecule is CCOc1cc(/C=C2/SC(=O)N(CC(=O)O)C2=O)cc(Br)c1OCC(=O)Nc1ccccc1. The highest BCUT2D eigenvalue weighted by Gasteiger charge is 2.36. The summed E-state index contributed by atoms with van der Waals surface area (Å²) < 4.78 is 11.8. The van der Waals surface area contributed by atoms with Gasteiger partial charge in [-0.15, -0.1) is 0 Å². The van der Waals surface area contributed by atoms with Gasteiger partial charge in [-0.05, 0) is 70.5 Å². The van der Waals surface area contributed by atoms with E-state index < -0.39 is 23.7 Å². The predicted octanol–water partition coefficient (Wildman–Crippen LogP) is 3.99. The topological polar surface area (TPSA) is 122 Å². The van der Waals surface area contributed by atoms with E-state index in [1.54, 1.807) is 43.3 Å². The monoisotopic (exact) mass is 534 g/mol. The smallest absolute Gasteiger partial charge is 0.323 e. The third-order valence-corrected chi connectivity index (χ3v) is 5.70. The van der Waals surface area contributed by atoms with E-state index in [-0.39, 0.29) is 17.4 Å². The van der Waals surface area contributed by atoms with E-state index in [4.69, 9.17) is 14.6 Å². The van der Waals surface area contributed by atoms with Crippen molar-refractivity contribution >= 4 is 62.5 Å². The molecule has 1 saturated heterocycles. The Bertz CT molecular complexity index is 1120. The molecule has 0 atom stereocenters. The van der Waals surface area contributed by atoms with Crippen molar-refractivity contribution in [3.63, 3.8) is 0 Å². The highest BCUT2D eigenvalue weighted by Crippen LogP contribution is 2.39. The second-order valence-electron chi connectivity index (χ2n) is 6.63. The molecule has 9 nitrogen and oxygen atoms in total. The van der Waals surface area contributed by atoms with Crippen molar-refractivity contribution < 1.29 is 33.8 Å². The van der Waals surface area contributed by atoms with Gasteiger partial charge in [0.2, 0.25) is 0 Å². The lowest BCUT2D eigenvalue weighted by molar-refractivity contribution is -0.140. The van der Waals surface area contributed by atoms with Gasteiger partial charge < -0.3 is 19.9 Å². The summed E-state index contributed by atoms with van der Waals surface area (Å²) >= 11 is 4.05. The highest BCUT2D eigenvalue weighted by molar-refractivity contribution is 9.10. The second kappa shape index (κ2) is 11.0. The zero-order valence-corrected chi connectivity index (χ0v) is 19.8. The van der Waals surface area contributed by atoms with E-state index in [0.717, 1.165) is 0 Å². The number of benzene rings is 2. The molecule has 0 spiro atoms. The van der Waals surface area contributed by atoms with E-state index >= 15 is 0 Å². The first kappa shape index (κ1) is 24.3. The number of hydrogen-bond donors (Lipinski definition) is 2. The molecule has 1 aliphatic heterocycles. The minimum Gasteiger partial charge on any atom is -0.490 e. The van der Waals surface area contributed by atoms with Gasteiger partial charge in [0, 0.05) is 5.69 Å². The van der Waals surface area contributed by atoms with Gasteiger partial charge >= 0.3 is 5.97 Å². The largest absolute Gasteiger partial charge is 0.490 e. The Kier molecular flexibility index (Phi) is 8.12. The standard InChI is InChI=1S/C22H19BrN2O7S/c1-2-31-16-9-13(10-17-21(29)25(11-19(27)28)22(30)33-17)8-15(23)20(16)32-12-18(26)24-14-6-4-3-5-7-14/h3-10H,2,11-12H2,1H3,(H,24,26)(H,27,28)/b17-10+. The number of amides is 3.